The van der Waals surface area contributed by atoms with E-state index >= 15 is 0 Å². The number of halogens is 2. The zero-order chi connectivity index (χ0) is 24.0. The SMILES string of the molecule is Clc1ccc2c(ccc3c4ccc(-c5ccc6c(c5)oc5c7ccc(Cl)cc7ccc65)cc4oc23)c1. The monoisotopic (exact) mass is 502 g/mol. The molecule has 0 atom stereocenters. The summed E-state index contributed by atoms with van der Waals surface area (Å²) in [6.07, 6.45) is 0. The fourth-order valence-electron chi connectivity index (χ4n) is 5.43. The topological polar surface area (TPSA) is 26.3 Å². The van der Waals surface area contributed by atoms with Crippen LogP contribution < -0.4 is 0 Å². The maximum Gasteiger partial charge on any atom is 0.143 e. The summed E-state index contributed by atoms with van der Waals surface area (Å²) in [5, 5.41) is 10.1. The lowest BCUT2D eigenvalue weighted by Crippen LogP contribution is -1.78. The molecule has 0 aliphatic heterocycles. The molecule has 2 heterocycles. The van der Waals surface area contributed by atoms with Gasteiger partial charge in [0.1, 0.15) is 22.3 Å². The van der Waals surface area contributed by atoms with Crippen molar-refractivity contribution in [3.05, 3.63) is 107 Å². The van der Waals surface area contributed by atoms with Gasteiger partial charge in [0.2, 0.25) is 0 Å². The highest BCUT2D eigenvalue weighted by molar-refractivity contribution is 6.32. The van der Waals surface area contributed by atoms with Gasteiger partial charge in [-0.15, -0.1) is 0 Å². The van der Waals surface area contributed by atoms with Gasteiger partial charge in [0.05, 0.1) is 0 Å². The molecule has 0 unspecified atom stereocenters. The lowest BCUT2D eigenvalue weighted by Gasteiger charge is -2.02. The molecule has 0 fully saturated rings. The van der Waals surface area contributed by atoms with E-state index in [2.05, 4.69) is 60.7 Å². The number of hydrogen-bond donors (Lipinski definition) is 0. The van der Waals surface area contributed by atoms with E-state index in [1.54, 1.807) is 0 Å². The molecule has 0 N–H and O–H groups in total. The molecule has 2 nitrogen and oxygen atoms in total. The van der Waals surface area contributed by atoms with Crippen LogP contribution in [0.3, 0.4) is 0 Å². The van der Waals surface area contributed by atoms with Crippen LogP contribution in [0.15, 0.2) is 106 Å². The highest BCUT2D eigenvalue weighted by Gasteiger charge is 2.14. The van der Waals surface area contributed by atoms with Gasteiger partial charge in [0.25, 0.3) is 0 Å². The van der Waals surface area contributed by atoms with Crippen LogP contribution in [0.2, 0.25) is 10.0 Å². The molecule has 36 heavy (non-hydrogen) atoms. The van der Waals surface area contributed by atoms with Crippen molar-refractivity contribution in [1.29, 1.82) is 0 Å². The second kappa shape index (κ2) is 7.27. The van der Waals surface area contributed by atoms with Gasteiger partial charge >= 0.3 is 0 Å². The summed E-state index contributed by atoms with van der Waals surface area (Å²) in [6, 6.07) is 33.0. The molecular formula is C32H16Cl2O2. The van der Waals surface area contributed by atoms with E-state index in [-0.39, 0.29) is 0 Å². The minimum absolute atomic E-state index is 0.720. The Labute approximate surface area is 215 Å². The van der Waals surface area contributed by atoms with Gasteiger partial charge in [0.15, 0.2) is 0 Å². The molecule has 0 radical (unpaired) electrons. The van der Waals surface area contributed by atoms with E-state index in [0.29, 0.717) is 0 Å². The van der Waals surface area contributed by atoms with Crippen LogP contribution in [0.4, 0.5) is 0 Å². The normalized spacial score (nSPS) is 12.2. The molecule has 0 aliphatic carbocycles. The van der Waals surface area contributed by atoms with Crippen molar-refractivity contribution in [2.24, 2.45) is 0 Å². The Kier molecular flexibility index (Phi) is 4.09. The zero-order valence-corrected chi connectivity index (χ0v) is 20.3. The quantitative estimate of drug-likeness (QED) is 0.223. The second-order valence-electron chi connectivity index (χ2n) is 9.24. The smallest absolute Gasteiger partial charge is 0.143 e. The van der Waals surface area contributed by atoms with E-state index in [1.165, 1.54) is 0 Å². The predicted molar refractivity (Wildman–Crippen MR) is 151 cm³/mol. The first-order valence-electron chi connectivity index (χ1n) is 11.7. The summed E-state index contributed by atoms with van der Waals surface area (Å²) in [5.41, 5.74) is 5.64. The van der Waals surface area contributed by atoms with Crippen LogP contribution in [-0.2, 0) is 0 Å². The molecule has 0 saturated heterocycles. The Hall–Kier alpha value is -3.98. The third-order valence-electron chi connectivity index (χ3n) is 7.17. The minimum Gasteiger partial charge on any atom is -0.455 e. The first-order valence-corrected chi connectivity index (χ1v) is 12.5. The van der Waals surface area contributed by atoms with Crippen LogP contribution in [0.25, 0.3) is 76.5 Å². The maximum absolute atomic E-state index is 6.38. The van der Waals surface area contributed by atoms with Crippen LogP contribution in [0.1, 0.15) is 0 Å². The van der Waals surface area contributed by atoms with Gasteiger partial charge in [-0.3, -0.25) is 0 Å². The molecular weight excluding hydrogens is 487 g/mol. The van der Waals surface area contributed by atoms with Crippen LogP contribution in [0.5, 0.6) is 0 Å². The Bertz CT molecular complexity index is 2030. The highest BCUT2D eigenvalue weighted by atomic mass is 35.5. The van der Waals surface area contributed by atoms with E-state index in [9.17, 15) is 0 Å². The fourth-order valence-corrected chi connectivity index (χ4v) is 5.79. The van der Waals surface area contributed by atoms with Gasteiger partial charge in [0, 0.05) is 42.4 Å². The summed E-state index contributed by atoms with van der Waals surface area (Å²) in [4.78, 5) is 0. The summed E-state index contributed by atoms with van der Waals surface area (Å²) >= 11 is 12.4. The average molecular weight is 503 g/mol. The summed E-state index contributed by atoms with van der Waals surface area (Å²) < 4.78 is 12.8. The second-order valence-corrected chi connectivity index (χ2v) is 10.1. The number of rotatable bonds is 1. The zero-order valence-electron chi connectivity index (χ0n) is 18.8. The molecule has 6 aromatic carbocycles. The van der Waals surface area contributed by atoms with E-state index in [0.717, 1.165) is 86.6 Å². The molecule has 2 aromatic heterocycles. The Morgan fingerprint density at radius 2 is 0.806 bits per heavy atom. The van der Waals surface area contributed by atoms with E-state index in [4.69, 9.17) is 32.0 Å². The highest BCUT2D eigenvalue weighted by Crippen LogP contribution is 2.39. The third kappa shape index (κ3) is 2.86. The molecule has 8 aromatic rings. The standard InChI is InChI=1S/C32H16Cl2O2/c33-21-5-11-23-19(13-21)3-9-27-25-7-1-17(15-29(25)35-31(23)27)18-2-8-26-28-10-4-20-14-22(34)6-12-24(20)32(28)36-30(26)16-18/h1-16H. The fraction of sp³-hybridized carbons (Fsp3) is 0. The molecule has 0 amide bonds. The van der Waals surface area contributed by atoms with E-state index in [1.807, 2.05) is 36.4 Å². The van der Waals surface area contributed by atoms with Crippen LogP contribution in [-0.4, -0.2) is 0 Å². The van der Waals surface area contributed by atoms with Crippen molar-refractivity contribution in [3.8, 4) is 11.1 Å². The first kappa shape index (κ1) is 20.2. The molecule has 0 aliphatic rings. The third-order valence-corrected chi connectivity index (χ3v) is 7.64. The first-order chi connectivity index (χ1) is 17.6. The molecule has 0 saturated carbocycles. The molecule has 0 bridgehead atoms. The predicted octanol–water partition coefficient (Wildman–Crippen LogP) is 10.8. The van der Waals surface area contributed by atoms with Gasteiger partial charge in [-0.1, -0.05) is 47.5 Å². The van der Waals surface area contributed by atoms with Crippen LogP contribution in [0, 0.1) is 0 Å². The van der Waals surface area contributed by atoms with Crippen molar-refractivity contribution in [1.82, 2.24) is 0 Å². The number of fused-ring (bicyclic) bond motifs is 10. The molecule has 8 rings (SSSR count). The minimum atomic E-state index is 0.720. The van der Waals surface area contributed by atoms with Crippen molar-refractivity contribution in [2.45, 2.75) is 0 Å². The Morgan fingerprint density at radius 1 is 0.389 bits per heavy atom. The lowest BCUT2D eigenvalue weighted by atomic mass is 10.0. The number of hydrogen-bond acceptors (Lipinski definition) is 2. The van der Waals surface area contributed by atoms with E-state index < -0.39 is 0 Å². The van der Waals surface area contributed by atoms with Gasteiger partial charge in [-0.2, -0.15) is 0 Å². The van der Waals surface area contributed by atoms with Crippen molar-refractivity contribution >= 4 is 88.6 Å². The number of benzene rings is 6. The number of furan rings is 2. The van der Waals surface area contributed by atoms with Crippen molar-refractivity contribution in [2.75, 3.05) is 0 Å². The van der Waals surface area contributed by atoms with Gasteiger partial charge in [-0.05, 0) is 94.7 Å². The van der Waals surface area contributed by atoms with Crippen molar-refractivity contribution < 1.29 is 8.83 Å². The lowest BCUT2D eigenvalue weighted by molar-refractivity contribution is 0.672. The maximum atomic E-state index is 6.38. The molecule has 0 spiro atoms. The summed E-state index contributed by atoms with van der Waals surface area (Å²) in [5.74, 6) is 0. The molecule has 4 heteroatoms. The molecule has 170 valence electrons. The summed E-state index contributed by atoms with van der Waals surface area (Å²) in [7, 11) is 0. The van der Waals surface area contributed by atoms with Gasteiger partial charge < -0.3 is 8.83 Å². The van der Waals surface area contributed by atoms with Crippen LogP contribution >= 0.6 is 23.2 Å². The largest absolute Gasteiger partial charge is 0.455 e. The van der Waals surface area contributed by atoms with Gasteiger partial charge in [-0.25, -0.2) is 0 Å². The van der Waals surface area contributed by atoms with Crippen molar-refractivity contribution in [3.63, 3.8) is 0 Å². The summed E-state index contributed by atoms with van der Waals surface area (Å²) in [6.45, 7) is 0. The Morgan fingerprint density at radius 3 is 1.28 bits per heavy atom. The Balaban J connectivity index is 1.31. The average Bonchev–Trinajstić information content (AvgIpc) is 3.45.